The Hall–Kier alpha value is -1.58. The van der Waals surface area contributed by atoms with E-state index < -0.39 is 0 Å². The molecular weight excluding hydrogens is 293 g/mol. The molecule has 0 radical (unpaired) electrons. The van der Waals surface area contributed by atoms with Crippen molar-refractivity contribution < 1.29 is 0 Å². The second kappa shape index (κ2) is 5.43. The molecule has 3 nitrogen and oxygen atoms in total. The number of rotatable bonds is 3. The molecule has 20 heavy (non-hydrogen) atoms. The van der Waals surface area contributed by atoms with E-state index >= 15 is 0 Å². The summed E-state index contributed by atoms with van der Waals surface area (Å²) in [4.78, 5) is 8.67. The lowest BCUT2D eigenvalue weighted by Crippen LogP contribution is -2.05. The molecule has 0 N–H and O–H groups in total. The highest BCUT2D eigenvalue weighted by Crippen LogP contribution is 2.25. The predicted molar refractivity (Wildman–Crippen MR) is 82.4 cm³/mol. The molecule has 1 unspecified atom stereocenters. The third-order valence-corrected chi connectivity index (χ3v) is 3.60. The van der Waals surface area contributed by atoms with Crippen molar-refractivity contribution in [3.63, 3.8) is 0 Å². The molecule has 0 bridgehead atoms. The molecule has 3 rings (SSSR count). The fraction of sp³-hybridized carbons (Fsp3) is 0.200. The fourth-order valence-electron chi connectivity index (χ4n) is 2.29. The minimum atomic E-state index is -0.165. The number of aromatic nitrogens is 3. The number of fused-ring (bicyclic) bond motifs is 1. The van der Waals surface area contributed by atoms with Crippen molar-refractivity contribution in [3.05, 3.63) is 59.1 Å². The standard InChI is InChI=1S/C15H13Cl2N3/c1-10(16)15-19-13-8-18-6-5-14(13)20(15)9-11-3-2-4-12(17)7-11/h2-8,10H,9H2,1H3. The quantitative estimate of drug-likeness (QED) is 0.670. The third kappa shape index (κ3) is 2.51. The van der Waals surface area contributed by atoms with E-state index in [0.717, 1.165) is 27.4 Å². The van der Waals surface area contributed by atoms with E-state index in [1.807, 2.05) is 37.3 Å². The highest BCUT2D eigenvalue weighted by Gasteiger charge is 2.15. The molecule has 1 aromatic carbocycles. The summed E-state index contributed by atoms with van der Waals surface area (Å²) >= 11 is 12.3. The van der Waals surface area contributed by atoms with Gasteiger partial charge < -0.3 is 4.57 Å². The van der Waals surface area contributed by atoms with E-state index in [2.05, 4.69) is 14.5 Å². The molecule has 0 saturated carbocycles. The van der Waals surface area contributed by atoms with Gasteiger partial charge in [-0.1, -0.05) is 23.7 Å². The van der Waals surface area contributed by atoms with Crippen molar-refractivity contribution in [2.45, 2.75) is 18.8 Å². The maximum absolute atomic E-state index is 6.25. The van der Waals surface area contributed by atoms with Gasteiger partial charge in [0.25, 0.3) is 0 Å². The SMILES string of the molecule is CC(Cl)c1nc2cnccc2n1Cc1cccc(Cl)c1. The fourth-order valence-corrected chi connectivity index (χ4v) is 2.67. The van der Waals surface area contributed by atoms with Crippen molar-refractivity contribution in [1.82, 2.24) is 14.5 Å². The lowest BCUT2D eigenvalue weighted by atomic mass is 10.2. The van der Waals surface area contributed by atoms with E-state index in [1.165, 1.54) is 0 Å². The number of nitrogens with zero attached hydrogens (tertiary/aromatic N) is 3. The van der Waals surface area contributed by atoms with Crippen LogP contribution in [0.25, 0.3) is 11.0 Å². The Labute approximate surface area is 127 Å². The molecule has 0 spiro atoms. The van der Waals surface area contributed by atoms with E-state index in [4.69, 9.17) is 23.2 Å². The van der Waals surface area contributed by atoms with E-state index in [-0.39, 0.29) is 5.38 Å². The van der Waals surface area contributed by atoms with Crippen molar-refractivity contribution >= 4 is 34.2 Å². The maximum Gasteiger partial charge on any atom is 0.128 e. The number of hydrogen-bond donors (Lipinski definition) is 0. The Bertz CT molecular complexity index is 750. The van der Waals surface area contributed by atoms with E-state index in [0.29, 0.717) is 6.54 Å². The average Bonchev–Trinajstić information content (AvgIpc) is 2.78. The summed E-state index contributed by atoms with van der Waals surface area (Å²) in [5.41, 5.74) is 3.01. The summed E-state index contributed by atoms with van der Waals surface area (Å²) in [7, 11) is 0. The van der Waals surface area contributed by atoms with E-state index in [1.54, 1.807) is 12.4 Å². The van der Waals surface area contributed by atoms with Gasteiger partial charge in [0.15, 0.2) is 0 Å². The van der Waals surface area contributed by atoms with Crippen molar-refractivity contribution in [2.24, 2.45) is 0 Å². The second-order valence-corrected chi connectivity index (χ2v) is 5.76. The highest BCUT2D eigenvalue weighted by atomic mass is 35.5. The molecule has 0 saturated heterocycles. The van der Waals surface area contributed by atoms with Crippen LogP contribution in [0, 0.1) is 0 Å². The lowest BCUT2D eigenvalue weighted by Gasteiger charge is -2.10. The molecule has 0 amide bonds. The van der Waals surface area contributed by atoms with Crippen molar-refractivity contribution in [1.29, 1.82) is 0 Å². The van der Waals surface area contributed by atoms with Crippen LogP contribution in [0.1, 0.15) is 23.7 Å². The predicted octanol–water partition coefficient (Wildman–Crippen LogP) is 4.43. The molecule has 3 aromatic rings. The zero-order valence-corrected chi connectivity index (χ0v) is 12.4. The highest BCUT2D eigenvalue weighted by molar-refractivity contribution is 6.30. The van der Waals surface area contributed by atoms with Gasteiger partial charge in [-0.2, -0.15) is 0 Å². The maximum atomic E-state index is 6.25. The largest absolute Gasteiger partial charge is 0.322 e. The Balaban J connectivity index is 2.11. The molecule has 2 aromatic heterocycles. The monoisotopic (exact) mass is 305 g/mol. The van der Waals surface area contributed by atoms with E-state index in [9.17, 15) is 0 Å². The van der Waals surface area contributed by atoms with Crippen LogP contribution in [0.15, 0.2) is 42.7 Å². The van der Waals surface area contributed by atoms with Crippen molar-refractivity contribution in [3.8, 4) is 0 Å². The van der Waals surface area contributed by atoms with Gasteiger partial charge in [0.1, 0.15) is 11.3 Å². The number of benzene rings is 1. The van der Waals surface area contributed by atoms with Gasteiger partial charge in [-0.3, -0.25) is 4.98 Å². The van der Waals surface area contributed by atoms with Crippen LogP contribution in [0.2, 0.25) is 5.02 Å². The molecule has 5 heteroatoms. The van der Waals surface area contributed by atoms with Gasteiger partial charge in [0.05, 0.1) is 17.1 Å². The molecule has 0 aliphatic carbocycles. The molecule has 0 fully saturated rings. The number of halogens is 2. The Morgan fingerprint density at radius 1 is 1.30 bits per heavy atom. The van der Waals surface area contributed by atoms with Gasteiger partial charge >= 0.3 is 0 Å². The molecule has 102 valence electrons. The summed E-state index contributed by atoms with van der Waals surface area (Å²) in [6, 6.07) is 9.77. The average molecular weight is 306 g/mol. The first-order valence-electron chi connectivity index (χ1n) is 6.34. The van der Waals surface area contributed by atoms with Gasteiger partial charge in [0, 0.05) is 17.8 Å². The molecule has 2 heterocycles. The number of pyridine rings is 1. The van der Waals surface area contributed by atoms with Crippen LogP contribution in [0.3, 0.4) is 0 Å². The summed E-state index contributed by atoms with van der Waals surface area (Å²) in [6.45, 7) is 2.61. The molecule has 1 atom stereocenters. The first-order chi connectivity index (χ1) is 9.65. The van der Waals surface area contributed by atoms with Crippen LogP contribution < -0.4 is 0 Å². The van der Waals surface area contributed by atoms with Crippen LogP contribution in [0.5, 0.6) is 0 Å². The summed E-state index contributed by atoms with van der Waals surface area (Å²) in [6.07, 6.45) is 3.52. The van der Waals surface area contributed by atoms with Crippen LogP contribution >= 0.6 is 23.2 Å². The van der Waals surface area contributed by atoms with Gasteiger partial charge in [0.2, 0.25) is 0 Å². The lowest BCUT2D eigenvalue weighted by molar-refractivity contribution is 0.742. The third-order valence-electron chi connectivity index (χ3n) is 3.17. The Kier molecular flexibility index (Phi) is 3.64. The van der Waals surface area contributed by atoms with Crippen LogP contribution in [-0.4, -0.2) is 14.5 Å². The summed E-state index contributed by atoms with van der Waals surface area (Å²) in [5, 5.41) is 0.565. The Morgan fingerprint density at radius 3 is 2.90 bits per heavy atom. The minimum Gasteiger partial charge on any atom is -0.322 e. The zero-order chi connectivity index (χ0) is 14.1. The number of alkyl halides is 1. The summed E-state index contributed by atoms with van der Waals surface area (Å²) < 4.78 is 2.11. The topological polar surface area (TPSA) is 30.7 Å². The Morgan fingerprint density at radius 2 is 2.15 bits per heavy atom. The normalized spacial score (nSPS) is 12.8. The number of imidazole rings is 1. The molecular formula is C15H13Cl2N3. The van der Waals surface area contributed by atoms with Gasteiger partial charge in [-0.25, -0.2) is 4.98 Å². The van der Waals surface area contributed by atoms with Crippen molar-refractivity contribution in [2.75, 3.05) is 0 Å². The first kappa shape index (κ1) is 13.4. The molecule has 0 aliphatic rings. The number of hydrogen-bond acceptors (Lipinski definition) is 2. The zero-order valence-electron chi connectivity index (χ0n) is 10.9. The summed E-state index contributed by atoms with van der Waals surface area (Å²) in [5.74, 6) is 0.842. The first-order valence-corrected chi connectivity index (χ1v) is 7.15. The second-order valence-electron chi connectivity index (χ2n) is 4.67. The van der Waals surface area contributed by atoms with Gasteiger partial charge in [-0.15, -0.1) is 11.6 Å². The van der Waals surface area contributed by atoms with Gasteiger partial charge in [-0.05, 0) is 30.7 Å². The van der Waals surface area contributed by atoms with Crippen LogP contribution in [0.4, 0.5) is 0 Å². The van der Waals surface area contributed by atoms with Crippen LogP contribution in [-0.2, 0) is 6.54 Å². The molecule has 0 aliphatic heterocycles. The smallest absolute Gasteiger partial charge is 0.128 e. The minimum absolute atomic E-state index is 0.165.